The number of carboxylic acid groups (broad SMARTS) is 1. The molecule has 0 fully saturated rings. The van der Waals surface area contributed by atoms with Crippen LogP contribution in [0.1, 0.15) is 11.1 Å². The first-order chi connectivity index (χ1) is 12.0. The smallest absolute Gasteiger partial charge is 0.321 e. The highest BCUT2D eigenvalue weighted by molar-refractivity contribution is 5.84. The standard InChI is InChI=1S/C18H17N3O4/c22-18(23)17(9-13-11-20-16-7-2-1-6-15(13)16)19-10-12-4-3-5-14(8-12)21(24)25/h1-8,11,17,19-20H,9-10H2,(H,22,23)/t17-/m1/s1. The zero-order chi connectivity index (χ0) is 17.8. The van der Waals surface area contributed by atoms with Crippen LogP contribution in [0.3, 0.4) is 0 Å². The van der Waals surface area contributed by atoms with Crippen molar-refractivity contribution in [2.75, 3.05) is 0 Å². The molecule has 7 nitrogen and oxygen atoms in total. The minimum atomic E-state index is -0.962. The predicted molar refractivity (Wildman–Crippen MR) is 93.4 cm³/mol. The van der Waals surface area contributed by atoms with Gasteiger partial charge in [-0.25, -0.2) is 0 Å². The summed E-state index contributed by atoms with van der Waals surface area (Å²) in [5.74, 6) is -0.962. The van der Waals surface area contributed by atoms with Crippen LogP contribution in [0, 0.1) is 10.1 Å². The maximum absolute atomic E-state index is 11.6. The third-order valence-electron chi connectivity index (χ3n) is 4.07. The number of nitro benzene ring substituents is 1. The van der Waals surface area contributed by atoms with Gasteiger partial charge in [-0.3, -0.25) is 14.9 Å². The molecule has 0 bridgehead atoms. The largest absolute Gasteiger partial charge is 0.480 e. The second-order valence-electron chi connectivity index (χ2n) is 5.76. The number of aromatic nitrogens is 1. The number of fused-ring (bicyclic) bond motifs is 1. The van der Waals surface area contributed by atoms with Gasteiger partial charge in [-0.2, -0.15) is 0 Å². The van der Waals surface area contributed by atoms with Crippen molar-refractivity contribution >= 4 is 22.6 Å². The molecule has 0 aliphatic carbocycles. The van der Waals surface area contributed by atoms with Crippen LogP contribution >= 0.6 is 0 Å². The number of para-hydroxylation sites is 1. The zero-order valence-electron chi connectivity index (χ0n) is 13.3. The molecule has 1 aromatic heterocycles. The maximum atomic E-state index is 11.6. The van der Waals surface area contributed by atoms with E-state index in [0.717, 1.165) is 16.5 Å². The first kappa shape index (κ1) is 16.7. The number of carboxylic acids is 1. The molecule has 3 rings (SSSR count). The lowest BCUT2D eigenvalue weighted by molar-refractivity contribution is -0.384. The van der Waals surface area contributed by atoms with Crippen LogP contribution < -0.4 is 5.32 Å². The van der Waals surface area contributed by atoms with Crippen molar-refractivity contribution in [3.63, 3.8) is 0 Å². The highest BCUT2D eigenvalue weighted by Gasteiger charge is 2.19. The quantitative estimate of drug-likeness (QED) is 0.453. The number of hydrogen-bond donors (Lipinski definition) is 3. The van der Waals surface area contributed by atoms with Gasteiger partial charge in [0, 0.05) is 42.2 Å². The number of aromatic amines is 1. The molecule has 0 aliphatic rings. The molecule has 128 valence electrons. The third-order valence-corrected chi connectivity index (χ3v) is 4.07. The van der Waals surface area contributed by atoms with E-state index in [1.165, 1.54) is 12.1 Å². The second kappa shape index (κ2) is 7.14. The van der Waals surface area contributed by atoms with E-state index in [2.05, 4.69) is 10.3 Å². The number of aliphatic carboxylic acids is 1. The van der Waals surface area contributed by atoms with Gasteiger partial charge in [0.05, 0.1) is 4.92 Å². The molecule has 2 aromatic carbocycles. The number of benzene rings is 2. The minimum absolute atomic E-state index is 0.0113. The van der Waals surface area contributed by atoms with Crippen LogP contribution in [0.2, 0.25) is 0 Å². The second-order valence-corrected chi connectivity index (χ2v) is 5.76. The normalized spacial score (nSPS) is 12.2. The summed E-state index contributed by atoms with van der Waals surface area (Å²) >= 11 is 0. The summed E-state index contributed by atoms with van der Waals surface area (Å²) in [6.45, 7) is 0.237. The van der Waals surface area contributed by atoms with E-state index in [-0.39, 0.29) is 12.2 Å². The molecule has 0 spiro atoms. The highest BCUT2D eigenvalue weighted by Crippen LogP contribution is 2.19. The number of nitrogens with one attached hydrogen (secondary N) is 2. The van der Waals surface area contributed by atoms with Gasteiger partial charge in [0.15, 0.2) is 0 Å². The molecular weight excluding hydrogens is 322 g/mol. The average molecular weight is 339 g/mol. The Labute approximate surface area is 143 Å². The van der Waals surface area contributed by atoms with E-state index in [1.807, 2.05) is 30.5 Å². The molecule has 3 aromatic rings. The van der Waals surface area contributed by atoms with E-state index in [1.54, 1.807) is 12.1 Å². The third kappa shape index (κ3) is 3.84. The van der Waals surface area contributed by atoms with Crippen molar-refractivity contribution in [3.05, 3.63) is 76.0 Å². The van der Waals surface area contributed by atoms with Crippen molar-refractivity contribution in [2.45, 2.75) is 19.0 Å². The molecule has 0 aliphatic heterocycles. The molecule has 0 unspecified atom stereocenters. The van der Waals surface area contributed by atoms with Crippen molar-refractivity contribution in [3.8, 4) is 0 Å². The van der Waals surface area contributed by atoms with Gasteiger partial charge in [0.1, 0.15) is 6.04 Å². The van der Waals surface area contributed by atoms with Crippen molar-refractivity contribution in [1.82, 2.24) is 10.3 Å². The zero-order valence-corrected chi connectivity index (χ0v) is 13.3. The molecule has 0 amide bonds. The molecule has 0 saturated carbocycles. The highest BCUT2D eigenvalue weighted by atomic mass is 16.6. The molecule has 3 N–H and O–H groups in total. The fourth-order valence-electron chi connectivity index (χ4n) is 2.79. The molecular formula is C18H17N3O4. The van der Waals surface area contributed by atoms with Crippen molar-refractivity contribution < 1.29 is 14.8 Å². The SMILES string of the molecule is O=C(O)[C@@H](Cc1c[nH]c2ccccc12)NCc1cccc([N+](=O)[O-])c1. The average Bonchev–Trinajstić information content (AvgIpc) is 3.01. The fraction of sp³-hybridized carbons (Fsp3) is 0.167. The van der Waals surface area contributed by atoms with Gasteiger partial charge >= 0.3 is 5.97 Å². The Morgan fingerprint density at radius 3 is 2.80 bits per heavy atom. The monoisotopic (exact) mass is 339 g/mol. The fourth-order valence-corrected chi connectivity index (χ4v) is 2.79. The number of nitrogens with zero attached hydrogens (tertiary/aromatic N) is 1. The van der Waals surface area contributed by atoms with Crippen LogP contribution in [-0.4, -0.2) is 27.0 Å². The molecule has 1 atom stereocenters. The van der Waals surface area contributed by atoms with Gasteiger partial charge in [0.25, 0.3) is 5.69 Å². The Kier molecular flexibility index (Phi) is 4.76. The van der Waals surface area contributed by atoms with Crippen molar-refractivity contribution in [1.29, 1.82) is 0 Å². The number of non-ortho nitro benzene ring substituents is 1. The Morgan fingerprint density at radius 2 is 2.04 bits per heavy atom. The number of rotatable bonds is 7. The lowest BCUT2D eigenvalue weighted by Gasteiger charge is -2.14. The lowest BCUT2D eigenvalue weighted by atomic mass is 10.0. The topological polar surface area (TPSA) is 108 Å². The lowest BCUT2D eigenvalue weighted by Crippen LogP contribution is -2.38. The molecule has 7 heteroatoms. The maximum Gasteiger partial charge on any atom is 0.321 e. The van der Waals surface area contributed by atoms with Gasteiger partial charge in [-0.05, 0) is 17.2 Å². The van der Waals surface area contributed by atoms with Crippen LogP contribution in [-0.2, 0) is 17.8 Å². The predicted octanol–water partition coefficient (Wildman–Crippen LogP) is 2.86. The van der Waals surface area contributed by atoms with E-state index >= 15 is 0 Å². The number of nitro groups is 1. The van der Waals surface area contributed by atoms with Crippen LogP contribution in [0.15, 0.2) is 54.7 Å². The van der Waals surface area contributed by atoms with Gasteiger partial charge in [-0.1, -0.05) is 30.3 Å². The van der Waals surface area contributed by atoms with E-state index in [0.29, 0.717) is 12.0 Å². The molecule has 25 heavy (non-hydrogen) atoms. The summed E-state index contributed by atoms with van der Waals surface area (Å²) in [5.41, 5.74) is 2.53. The summed E-state index contributed by atoms with van der Waals surface area (Å²) in [4.78, 5) is 25.1. The molecule has 0 radical (unpaired) electrons. The summed E-state index contributed by atoms with van der Waals surface area (Å²) in [6.07, 6.45) is 2.13. The Balaban J connectivity index is 1.73. The van der Waals surface area contributed by atoms with Crippen molar-refractivity contribution in [2.24, 2.45) is 0 Å². The van der Waals surface area contributed by atoms with Gasteiger partial charge in [0.2, 0.25) is 0 Å². The first-order valence-corrected chi connectivity index (χ1v) is 7.79. The number of hydrogen-bond acceptors (Lipinski definition) is 4. The van der Waals surface area contributed by atoms with Crippen LogP contribution in [0.5, 0.6) is 0 Å². The van der Waals surface area contributed by atoms with E-state index < -0.39 is 16.9 Å². The van der Waals surface area contributed by atoms with E-state index in [9.17, 15) is 20.0 Å². The van der Waals surface area contributed by atoms with E-state index in [4.69, 9.17) is 0 Å². The Bertz CT molecular complexity index is 919. The Hall–Kier alpha value is -3.19. The Morgan fingerprint density at radius 1 is 1.24 bits per heavy atom. The number of carbonyl (C=O) groups is 1. The molecule has 1 heterocycles. The van der Waals surface area contributed by atoms with Crippen LogP contribution in [0.4, 0.5) is 5.69 Å². The number of H-pyrrole nitrogens is 1. The minimum Gasteiger partial charge on any atom is -0.480 e. The summed E-state index contributed by atoms with van der Waals surface area (Å²) < 4.78 is 0. The van der Waals surface area contributed by atoms with Gasteiger partial charge < -0.3 is 15.4 Å². The summed E-state index contributed by atoms with van der Waals surface area (Å²) in [6, 6.07) is 13.1. The summed E-state index contributed by atoms with van der Waals surface area (Å²) in [5, 5.41) is 24.3. The van der Waals surface area contributed by atoms with Crippen LogP contribution in [0.25, 0.3) is 10.9 Å². The summed E-state index contributed by atoms with van der Waals surface area (Å²) in [7, 11) is 0. The molecule has 0 saturated heterocycles. The van der Waals surface area contributed by atoms with Gasteiger partial charge in [-0.15, -0.1) is 0 Å². The first-order valence-electron chi connectivity index (χ1n) is 7.79.